The molecule has 6 atom stereocenters. The van der Waals surface area contributed by atoms with E-state index in [1.54, 1.807) is 0 Å². The van der Waals surface area contributed by atoms with E-state index in [1.807, 2.05) is 0 Å². The molecule has 246 valence electrons. The summed E-state index contributed by atoms with van der Waals surface area (Å²) < 4.78 is 21.6. The Balaban J connectivity index is 1.37. The van der Waals surface area contributed by atoms with Crippen LogP contribution in [0.25, 0.3) is 0 Å². The summed E-state index contributed by atoms with van der Waals surface area (Å²) in [4.78, 5) is 24.1. The van der Waals surface area contributed by atoms with Gasteiger partial charge in [0.05, 0.1) is 37.6 Å². The van der Waals surface area contributed by atoms with Gasteiger partial charge in [0, 0.05) is 0 Å². The normalized spacial score (nSPS) is 22.5. The number of esters is 2. The molecule has 0 aromatic heterocycles. The Morgan fingerprint density at radius 2 is 0.786 bits per heavy atom. The Morgan fingerprint density at radius 1 is 0.500 bits per heavy atom. The molecule has 2 N–H and O–H groups in total. The highest BCUT2D eigenvalue weighted by atomic mass is 16.6. The third-order valence-corrected chi connectivity index (χ3v) is 8.60. The Morgan fingerprint density at radius 3 is 1.12 bits per heavy atom. The van der Waals surface area contributed by atoms with Gasteiger partial charge in [-0.1, -0.05) is 104 Å². The maximum Gasteiger partial charge on any atom is 0.338 e. The lowest BCUT2D eigenvalue weighted by atomic mass is 10.0. The van der Waals surface area contributed by atoms with Crippen LogP contribution < -0.4 is 0 Å². The van der Waals surface area contributed by atoms with Crippen molar-refractivity contribution in [3.63, 3.8) is 0 Å². The molecular weight excluding hydrogens is 536 g/mol. The maximum atomic E-state index is 12.0. The summed E-state index contributed by atoms with van der Waals surface area (Å²) in [6.07, 6.45) is 22.9. The predicted octanol–water partition coefficient (Wildman–Crippen LogP) is 6.95. The van der Waals surface area contributed by atoms with Crippen LogP contribution in [0.15, 0.2) is 0 Å². The van der Waals surface area contributed by atoms with Gasteiger partial charge in [0.25, 0.3) is 0 Å². The van der Waals surface area contributed by atoms with Crippen molar-refractivity contribution in [3.05, 3.63) is 0 Å². The molecule has 0 aliphatic carbocycles. The van der Waals surface area contributed by atoms with Gasteiger partial charge in [0.1, 0.15) is 0 Å². The smallest absolute Gasteiger partial charge is 0.338 e. The van der Waals surface area contributed by atoms with Crippen molar-refractivity contribution in [1.82, 2.24) is 0 Å². The molecular formula is C34H62O8. The Kier molecular flexibility index (Phi) is 20.4. The maximum absolute atomic E-state index is 12.0. The van der Waals surface area contributed by atoms with E-state index < -0.39 is 24.1 Å². The summed E-state index contributed by atoms with van der Waals surface area (Å²) in [5.41, 5.74) is 0. The summed E-state index contributed by atoms with van der Waals surface area (Å²) in [6, 6.07) is 0. The second-order valence-corrected chi connectivity index (χ2v) is 12.5. The number of carbonyl (C=O) groups is 2. The zero-order valence-corrected chi connectivity index (χ0v) is 26.8. The number of aliphatic hydroxyl groups is 2. The van der Waals surface area contributed by atoms with Crippen LogP contribution in [-0.2, 0) is 28.5 Å². The van der Waals surface area contributed by atoms with E-state index in [0.29, 0.717) is 37.3 Å². The first-order valence-electron chi connectivity index (χ1n) is 17.5. The topological polar surface area (TPSA) is 118 Å². The van der Waals surface area contributed by atoms with Crippen molar-refractivity contribution in [2.75, 3.05) is 13.2 Å². The van der Waals surface area contributed by atoms with Crippen LogP contribution in [0.2, 0.25) is 0 Å². The molecule has 8 heteroatoms. The number of hydrogen-bond acceptors (Lipinski definition) is 8. The molecule has 2 aliphatic rings. The number of hydrogen-bond donors (Lipinski definition) is 2. The minimum Gasteiger partial charge on any atom is -0.464 e. The summed E-state index contributed by atoms with van der Waals surface area (Å²) in [7, 11) is 0. The Hall–Kier alpha value is -1.22. The number of unbranched alkanes of at least 4 members (excludes halogenated alkanes) is 14. The van der Waals surface area contributed by atoms with Crippen molar-refractivity contribution >= 4 is 11.9 Å². The molecule has 2 fully saturated rings. The zero-order chi connectivity index (χ0) is 30.4. The van der Waals surface area contributed by atoms with Gasteiger partial charge < -0.3 is 29.2 Å². The minimum absolute atomic E-state index is 0.135. The van der Waals surface area contributed by atoms with Crippen molar-refractivity contribution in [3.8, 4) is 0 Å². The quantitative estimate of drug-likeness (QED) is 0.0539. The molecule has 0 bridgehead atoms. The van der Waals surface area contributed by atoms with E-state index in [1.165, 1.54) is 89.9 Å². The lowest BCUT2D eigenvalue weighted by Gasteiger charge is -2.16. The van der Waals surface area contributed by atoms with E-state index in [9.17, 15) is 19.8 Å². The Bertz CT molecular complexity index is 643. The number of epoxide rings is 2. The fourth-order valence-corrected chi connectivity index (χ4v) is 5.65. The lowest BCUT2D eigenvalue weighted by molar-refractivity contribution is -0.173. The molecule has 0 aromatic rings. The highest BCUT2D eigenvalue weighted by molar-refractivity contribution is 5.85. The van der Waals surface area contributed by atoms with Gasteiger partial charge in [0.2, 0.25) is 0 Å². The van der Waals surface area contributed by atoms with Crippen LogP contribution in [0.1, 0.15) is 155 Å². The third-order valence-electron chi connectivity index (χ3n) is 8.60. The molecule has 0 amide bonds. The van der Waals surface area contributed by atoms with Crippen LogP contribution in [-0.4, -0.2) is 72.0 Å². The fraction of sp³-hybridized carbons (Fsp3) is 0.941. The van der Waals surface area contributed by atoms with Gasteiger partial charge in [-0.25, -0.2) is 9.59 Å². The molecule has 0 saturated carbocycles. The first-order chi connectivity index (χ1) is 20.5. The zero-order valence-electron chi connectivity index (χ0n) is 26.8. The largest absolute Gasteiger partial charge is 0.464 e. The van der Waals surface area contributed by atoms with Gasteiger partial charge in [0.15, 0.2) is 12.2 Å². The number of ether oxygens (including phenoxy) is 4. The molecule has 0 radical (unpaired) electrons. The average molecular weight is 599 g/mol. The van der Waals surface area contributed by atoms with Crippen molar-refractivity contribution in [1.29, 1.82) is 0 Å². The molecule has 0 spiro atoms. The average Bonchev–Trinajstić information content (AvgIpc) is 3.92. The molecule has 42 heavy (non-hydrogen) atoms. The highest BCUT2D eigenvalue weighted by Crippen LogP contribution is 2.32. The second kappa shape index (κ2) is 23.2. The van der Waals surface area contributed by atoms with Crippen LogP contribution in [0.5, 0.6) is 0 Å². The van der Waals surface area contributed by atoms with E-state index in [2.05, 4.69) is 13.8 Å². The van der Waals surface area contributed by atoms with Gasteiger partial charge in [-0.15, -0.1) is 0 Å². The summed E-state index contributed by atoms with van der Waals surface area (Å²) in [5, 5.41) is 20.0. The summed E-state index contributed by atoms with van der Waals surface area (Å²) >= 11 is 0. The van der Waals surface area contributed by atoms with Crippen molar-refractivity contribution in [2.45, 2.75) is 192 Å². The van der Waals surface area contributed by atoms with Crippen LogP contribution in [0.4, 0.5) is 0 Å². The molecule has 6 unspecified atom stereocenters. The lowest BCUT2D eigenvalue weighted by Crippen LogP contribution is -2.41. The SMILES string of the molecule is CCCCCCCCCC1OC1CCCCOC(=O)C(O)C(O)C(=O)OCCCCC1OC1CCCCCCCCC. The second-order valence-electron chi connectivity index (χ2n) is 12.5. The van der Waals surface area contributed by atoms with Gasteiger partial charge in [-0.2, -0.15) is 0 Å². The van der Waals surface area contributed by atoms with Gasteiger partial charge >= 0.3 is 11.9 Å². The molecule has 2 saturated heterocycles. The summed E-state index contributed by atoms with van der Waals surface area (Å²) in [6.45, 7) is 4.74. The first kappa shape index (κ1) is 37.0. The number of carbonyl (C=O) groups excluding carboxylic acids is 2. The monoisotopic (exact) mass is 598 g/mol. The third kappa shape index (κ3) is 17.2. The molecule has 2 aliphatic heterocycles. The molecule has 2 rings (SSSR count). The highest BCUT2D eigenvalue weighted by Gasteiger charge is 2.38. The van der Waals surface area contributed by atoms with Crippen LogP contribution >= 0.6 is 0 Å². The van der Waals surface area contributed by atoms with Crippen LogP contribution in [0.3, 0.4) is 0 Å². The standard InChI is InChI=1S/C34H62O8/c1-3-5-7-9-11-13-15-21-27-29(41-27)23-17-19-25-39-33(37)31(35)32(36)34(38)40-26-20-18-24-30-28(42-30)22-16-14-12-10-8-6-4-2/h27-32,35-36H,3-26H2,1-2H3. The fourth-order valence-electron chi connectivity index (χ4n) is 5.65. The predicted molar refractivity (Wildman–Crippen MR) is 164 cm³/mol. The molecule has 0 aromatic carbocycles. The Labute approximate surface area is 255 Å². The van der Waals surface area contributed by atoms with Crippen molar-refractivity contribution in [2.24, 2.45) is 0 Å². The van der Waals surface area contributed by atoms with Gasteiger partial charge in [-0.3, -0.25) is 0 Å². The van der Waals surface area contributed by atoms with Crippen LogP contribution in [0, 0.1) is 0 Å². The molecule has 2 heterocycles. The van der Waals surface area contributed by atoms with Gasteiger partial charge in [-0.05, 0) is 51.4 Å². The first-order valence-corrected chi connectivity index (χ1v) is 17.5. The van der Waals surface area contributed by atoms with E-state index in [4.69, 9.17) is 18.9 Å². The van der Waals surface area contributed by atoms with Crippen molar-refractivity contribution < 1.29 is 38.7 Å². The van der Waals surface area contributed by atoms with E-state index in [-0.39, 0.29) is 13.2 Å². The minimum atomic E-state index is -1.94. The number of rotatable bonds is 29. The number of aliphatic hydroxyl groups excluding tert-OH is 2. The van der Waals surface area contributed by atoms with E-state index >= 15 is 0 Å². The molecule has 8 nitrogen and oxygen atoms in total. The summed E-state index contributed by atoms with van der Waals surface area (Å²) in [5.74, 6) is -2.01. The van der Waals surface area contributed by atoms with E-state index in [0.717, 1.165) is 38.5 Å².